The lowest BCUT2D eigenvalue weighted by molar-refractivity contribution is 0.0407. The van der Waals surface area contributed by atoms with Gasteiger partial charge in [-0.2, -0.15) is 5.10 Å². The minimum atomic E-state index is -1.21. The Morgan fingerprint density at radius 3 is 2.50 bits per heavy atom. The van der Waals surface area contributed by atoms with Crippen LogP contribution in [0.2, 0.25) is 0 Å². The highest BCUT2D eigenvalue weighted by atomic mass is 16.5. The predicted molar refractivity (Wildman–Crippen MR) is 70.0 cm³/mol. The summed E-state index contributed by atoms with van der Waals surface area (Å²) in [5, 5.41) is 34.6. The average Bonchev–Trinajstić information content (AvgIpc) is 2.83. The van der Waals surface area contributed by atoms with E-state index in [1.54, 1.807) is 14.0 Å². The number of aryl methyl sites for hydroxylation is 1. The maximum atomic E-state index is 11.8. The van der Waals surface area contributed by atoms with Crippen LogP contribution in [0.3, 0.4) is 0 Å². The van der Waals surface area contributed by atoms with Gasteiger partial charge in [0.1, 0.15) is 5.56 Å². The Kier molecular flexibility index (Phi) is 6.08. The van der Waals surface area contributed by atoms with Crippen LogP contribution in [-0.2, 0) is 18.3 Å². The van der Waals surface area contributed by atoms with E-state index in [1.165, 1.54) is 10.9 Å². The maximum Gasteiger partial charge on any atom is 0.341 e. The van der Waals surface area contributed by atoms with Crippen LogP contribution in [0.5, 0.6) is 0 Å². The van der Waals surface area contributed by atoms with Crippen LogP contribution in [0.1, 0.15) is 23.0 Å². The first-order valence-corrected chi connectivity index (χ1v) is 6.29. The van der Waals surface area contributed by atoms with E-state index in [9.17, 15) is 20.1 Å². The lowest BCUT2D eigenvalue weighted by Gasteiger charge is -2.28. The SMILES string of the molecule is CCOC(=O)c1cnn(C)c1CNC(CO)(CO)CO. The molecule has 0 aliphatic rings. The number of esters is 1. The van der Waals surface area contributed by atoms with Crippen molar-refractivity contribution >= 4 is 5.97 Å². The van der Waals surface area contributed by atoms with E-state index in [1.807, 2.05) is 0 Å². The van der Waals surface area contributed by atoms with Gasteiger partial charge in [0.05, 0.1) is 43.9 Å². The molecule has 0 atom stereocenters. The number of aliphatic hydroxyl groups is 3. The van der Waals surface area contributed by atoms with E-state index in [0.717, 1.165) is 0 Å². The molecule has 0 saturated carbocycles. The quantitative estimate of drug-likeness (QED) is 0.425. The summed E-state index contributed by atoms with van der Waals surface area (Å²) < 4.78 is 6.42. The Morgan fingerprint density at radius 2 is 2.00 bits per heavy atom. The topological polar surface area (TPSA) is 117 Å². The summed E-state index contributed by atoms with van der Waals surface area (Å²) in [6.07, 6.45) is 1.40. The van der Waals surface area contributed by atoms with Crippen LogP contribution < -0.4 is 5.32 Å². The molecule has 0 spiro atoms. The summed E-state index contributed by atoms with van der Waals surface area (Å²) in [6, 6.07) is 0. The zero-order chi connectivity index (χ0) is 15.2. The van der Waals surface area contributed by atoms with Gasteiger partial charge in [-0.15, -0.1) is 0 Å². The first-order valence-electron chi connectivity index (χ1n) is 6.29. The van der Waals surface area contributed by atoms with Gasteiger partial charge in [0.2, 0.25) is 0 Å². The predicted octanol–water partition coefficient (Wildman–Crippen LogP) is -1.60. The highest BCUT2D eigenvalue weighted by Gasteiger charge is 2.28. The maximum absolute atomic E-state index is 11.8. The van der Waals surface area contributed by atoms with Gasteiger partial charge in [-0.1, -0.05) is 0 Å². The molecule has 1 heterocycles. The average molecular weight is 287 g/mol. The second-order valence-corrected chi connectivity index (χ2v) is 4.46. The summed E-state index contributed by atoms with van der Waals surface area (Å²) in [7, 11) is 1.66. The van der Waals surface area contributed by atoms with Gasteiger partial charge in [-0.3, -0.25) is 10.00 Å². The number of aromatic nitrogens is 2. The van der Waals surface area contributed by atoms with Gasteiger partial charge in [0.15, 0.2) is 0 Å². The van der Waals surface area contributed by atoms with Gasteiger partial charge in [0, 0.05) is 13.6 Å². The van der Waals surface area contributed by atoms with Crippen LogP contribution in [0.15, 0.2) is 6.20 Å². The van der Waals surface area contributed by atoms with Crippen molar-refractivity contribution in [1.29, 1.82) is 0 Å². The summed E-state index contributed by atoms with van der Waals surface area (Å²) in [4.78, 5) is 11.8. The minimum Gasteiger partial charge on any atom is -0.462 e. The lowest BCUT2D eigenvalue weighted by atomic mass is 10.0. The molecule has 1 aromatic rings. The van der Waals surface area contributed by atoms with Crippen LogP contribution in [-0.4, -0.2) is 63.0 Å². The lowest BCUT2D eigenvalue weighted by Crippen LogP contribution is -2.54. The molecule has 0 saturated heterocycles. The first kappa shape index (κ1) is 16.6. The second-order valence-electron chi connectivity index (χ2n) is 4.46. The van der Waals surface area contributed by atoms with Gasteiger partial charge in [0.25, 0.3) is 0 Å². The normalized spacial score (nSPS) is 11.7. The first-order chi connectivity index (χ1) is 9.53. The van der Waals surface area contributed by atoms with E-state index in [4.69, 9.17) is 4.74 Å². The van der Waals surface area contributed by atoms with Crippen molar-refractivity contribution in [3.8, 4) is 0 Å². The highest BCUT2D eigenvalue weighted by molar-refractivity contribution is 5.90. The Labute approximate surface area is 117 Å². The molecular formula is C12H21N3O5. The molecule has 0 radical (unpaired) electrons. The third kappa shape index (κ3) is 3.54. The molecule has 8 heteroatoms. The van der Waals surface area contributed by atoms with E-state index < -0.39 is 31.3 Å². The number of rotatable bonds is 8. The number of carbonyl (C=O) groups is 1. The Balaban J connectivity index is 2.87. The summed E-state index contributed by atoms with van der Waals surface area (Å²) in [5.74, 6) is -0.486. The van der Waals surface area contributed by atoms with Crippen molar-refractivity contribution in [2.45, 2.75) is 19.0 Å². The van der Waals surface area contributed by atoms with Crippen LogP contribution in [0, 0.1) is 0 Å². The van der Waals surface area contributed by atoms with E-state index >= 15 is 0 Å². The molecular weight excluding hydrogens is 266 g/mol. The Hall–Kier alpha value is -1.48. The molecule has 1 aromatic heterocycles. The molecule has 8 nitrogen and oxygen atoms in total. The van der Waals surface area contributed by atoms with E-state index in [-0.39, 0.29) is 13.2 Å². The standard InChI is InChI=1S/C12H21N3O5/c1-3-20-11(19)9-4-14-15(2)10(9)5-13-12(6-16,7-17)8-18/h4,13,16-18H,3,5-8H2,1-2H3. The van der Waals surface area contributed by atoms with Crippen molar-refractivity contribution in [1.82, 2.24) is 15.1 Å². The molecule has 0 bridgehead atoms. The molecule has 0 aromatic carbocycles. The van der Waals surface area contributed by atoms with E-state index in [2.05, 4.69) is 10.4 Å². The number of hydrogen-bond acceptors (Lipinski definition) is 7. The third-order valence-corrected chi connectivity index (χ3v) is 3.10. The zero-order valence-corrected chi connectivity index (χ0v) is 11.7. The molecule has 0 unspecified atom stereocenters. The number of nitrogens with zero attached hydrogens (tertiary/aromatic N) is 2. The summed E-state index contributed by atoms with van der Waals surface area (Å²) in [6.45, 7) is 0.799. The van der Waals surface area contributed by atoms with Crippen molar-refractivity contribution in [3.63, 3.8) is 0 Å². The summed E-state index contributed by atoms with van der Waals surface area (Å²) in [5.41, 5.74) is -0.358. The fraction of sp³-hybridized carbons (Fsp3) is 0.667. The molecule has 1 rings (SSSR count). The molecule has 4 N–H and O–H groups in total. The van der Waals surface area contributed by atoms with Gasteiger partial charge >= 0.3 is 5.97 Å². The van der Waals surface area contributed by atoms with E-state index in [0.29, 0.717) is 11.3 Å². The van der Waals surface area contributed by atoms with Gasteiger partial charge < -0.3 is 20.1 Å². The van der Waals surface area contributed by atoms with Crippen LogP contribution in [0.25, 0.3) is 0 Å². The number of hydrogen-bond donors (Lipinski definition) is 4. The minimum absolute atomic E-state index is 0.145. The van der Waals surface area contributed by atoms with Crippen LogP contribution >= 0.6 is 0 Å². The molecule has 0 amide bonds. The zero-order valence-electron chi connectivity index (χ0n) is 11.7. The fourth-order valence-corrected chi connectivity index (χ4v) is 1.64. The monoisotopic (exact) mass is 287 g/mol. The fourth-order valence-electron chi connectivity index (χ4n) is 1.64. The molecule has 20 heavy (non-hydrogen) atoms. The van der Waals surface area contributed by atoms with Gasteiger partial charge in [-0.05, 0) is 6.92 Å². The van der Waals surface area contributed by atoms with Crippen molar-refractivity contribution in [2.24, 2.45) is 7.05 Å². The number of nitrogens with one attached hydrogen (secondary N) is 1. The van der Waals surface area contributed by atoms with Crippen molar-refractivity contribution in [2.75, 3.05) is 26.4 Å². The van der Waals surface area contributed by atoms with Crippen molar-refractivity contribution in [3.05, 3.63) is 17.5 Å². The largest absolute Gasteiger partial charge is 0.462 e. The van der Waals surface area contributed by atoms with Gasteiger partial charge in [-0.25, -0.2) is 4.79 Å². The van der Waals surface area contributed by atoms with Crippen molar-refractivity contribution < 1.29 is 24.9 Å². The Morgan fingerprint density at radius 1 is 1.40 bits per heavy atom. The molecule has 0 aliphatic carbocycles. The molecule has 0 fully saturated rings. The van der Waals surface area contributed by atoms with Crippen LogP contribution in [0.4, 0.5) is 0 Å². The molecule has 0 aliphatic heterocycles. The number of carbonyl (C=O) groups excluding carboxylic acids is 1. The third-order valence-electron chi connectivity index (χ3n) is 3.10. The Bertz CT molecular complexity index is 434. The smallest absolute Gasteiger partial charge is 0.341 e. The second kappa shape index (κ2) is 7.34. The summed E-state index contributed by atoms with van der Waals surface area (Å²) >= 11 is 0. The number of ether oxygens (including phenoxy) is 1. The highest BCUT2D eigenvalue weighted by Crippen LogP contribution is 2.11. The molecule has 114 valence electrons. The number of aliphatic hydroxyl groups excluding tert-OH is 3.